The molecule has 0 atom stereocenters. The van der Waals surface area contributed by atoms with Crippen molar-refractivity contribution in [2.24, 2.45) is 0 Å². The number of rotatable bonds is 3. The van der Waals surface area contributed by atoms with Crippen LogP contribution in [0.15, 0.2) is 41.1 Å². The highest BCUT2D eigenvalue weighted by molar-refractivity contribution is 9.10. The van der Waals surface area contributed by atoms with Crippen LogP contribution < -0.4 is 10.6 Å². The van der Waals surface area contributed by atoms with E-state index in [1.54, 1.807) is 18.5 Å². The van der Waals surface area contributed by atoms with E-state index in [-0.39, 0.29) is 5.82 Å². The van der Waals surface area contributed by atoms with Gasteiger partial charge in [0.25, 0.3) is 0 Å². The normalized spacial score (nSPS) is 10.1. The molecule has 0 amide bonds. The summed E-state index contributed by atoms with van der Waals surface area (Å²) in [6, 6.07) is 6.41. The van der Waals surface area contributed by atoms with Crippen molar-refractivity contribution in [1.29, 1.82) is 0 Å². The van der Waals surface area contributed by atoms with Crippen molar-refractivity contribution in [3.63, 3.8) is 0 Å². The van der Waals surface area contributed by atoms with Gasteiger partial charge in [-0.3, -0.25) is 4.98 Å². The first-order valence-corrected chi connectivity index (χ1v) is 5.83. The van der Waals surface area contributed by atoms with E-state index in [2.05, 4.69) is 31.5 Å². The summed E-state index contributed by atoms with van der Waals surface area (Å²) in [7, 11) is 1.83. The maximum absolute atomic E-state index is 12.9. The number of benzene rings is 1. The summed E-state index contributed by atoms with van der Waals surface area (Å²) < 4.78 is 13.6. The fourth-order valence-electron chi connectivity index (χ4n) is 1.39. The van der Waals surface area contributed by atoms with E-state index in [0.29, 0.717) is 4.47 Å². The van der Waals surface area contributed by atoms with Crippen molar-refractivity contribution in [1.82, 2.24) is 4.98 Å². The number of halogens is 2. The molecule has 3 nitrogen and oxygen atoms in total. The highest BCUT2D eigenvalue weighted by Crippen LogP contribution is 2.26. The van der Waals surface area contributed by atoms with Gasteiger partial charge >= 0.3 is 0 Å². The topological polar surface area (TPSA) is 37.0 Å². The number of hydrogen-bond donors (Lipinski definition) is 2. The van der Waals surface area contributed by atoms with Gasteiger partial charge in [-0.15, -0.1) is 0 Å². The molecule has 2 N–H and O–H groups in total. The van der Waals surface area contributed by atoms with E-state index in [0.717, 1.165) is 17.1 Å². The lowest BCUT2D eigenvalue weighted by Gasteiger charge is -2.09. The van der Waals surface area contributed by atoms with Crippen LogP contribution in [0.4, 0.5) is 21.5 Å². The first kappa shape index (κ1) is 11.9. The lowest BCUT2D eigenvalue weighted by Crippen LogP contribution is -1.95. The molecular weight excluding hydrogens is 285 g/mol. The average molecular weight is 296 g/mol. The van der Waals surface area contributed by atoms with Crippen LogP contribution in [0.5, 0.6) is 0 Å². The fraction of sp³-hybridized carbons (Fsp3) is 0.0833. The molecular formula is C12H11BrFN3. The molecule has 1 aromatic heterocycles. The van der Waals surface area contributed by atoms with Gasteiger partial charge in [-0.2, -0.15) is 0 Å². The van der Waals surface area contributed by atoms with Crippen molar-refractivity contribution in [2.45, 2.75) is 0 Å². The number of hydrogen-bond acceptors (Lipinski definition) is 3. The first-order valence-electron chi connectivity index (χ1n) is 5.04. The van der Waals surface area contributed by atoms with Crippen molar-refractivity contribution in [3.8, 4) is 0 Å². The first-order chi connectivity index (χ1) is 8.19. The van der Waals surface area contributed by atoms with Crippen molar-refractivity contribution < 1.29 is 4.39 Å². The Morgan fingerprint density at radius 3 is 2.65 bits per heavy atom. The van der Waals surface area contributed by atoms with Crippen LogP contribution in [-0.2, 0) is 0 Å². The zero-order chi connectivity index (χ0) is 12.3. The van der Waals surface area contributed by atoms with Gasteiger partial charge in [0.15, 0.2) is 0 Å². The summed E-state index contributed by atoms with van der Waals surface area (Å²) in [6.45, 7) is 0. The third kappa shape index (κ3) is 2.94. The van der Waals surface area contributed by atoms with Gasteiger partial charge in [-0.25, -0.2) is 4.39 Å². The van der Waals surface area contributed by atoms with Crippen LogP contribution in [0.25, 0.3) is 0 Å². The lowest BCUT2D eigenvalue weighted by molar-refractivity contribution is 0.627. The maximum atomic E-state index is 12.9. The van der Waals surface area contributed by atoms with Gasteiger partial charge in [0.1, 0.15) is 5.82 Å². The van der Waals surface area contributed by atoms with Crippen LogP contribution >= 0.6 is 15.9 Å². The zero-order valence-corrected chi connectivity index (χ0v) is 10.8. The Bertz CT molecular complexity index is 531. The van der Waals surface area contributed by atoms with Gasteiger partial charge in [0, 0.05) is 11.5 Å². The van der Waals surface area contributed by atoms with Crippen LogP contribution in [-0.4, -0.2) is 12.0 Å². The van der Waals surface area contributed by atoms with Gasteiger partial charge in [0.2, 0.25) is 0 Å². The molecule has 88 valence electrons. The highest BCUT2D eigenvalue weighted by atomic mass is 79.9. The van der Waals surface area contributed by atoms with E-state index in [9.17, 15) is 4.39 Å². The predicted molar refractivity (Wildman–Crippen MR) is 71.2 cm³/mol. The van der Waals surface area contributed by atoms with E-state index in [4.69, 9.17) is 0 Å². The molecule has 0 bridgehead atoms. The van der Waals surface area contributed by atoms with Crippen LogP contribution in [0.2, 0.25) is 0 Å². The Hall–Kier alpha value is -1.62. The van der Waals surface area contributed by atoms with E-state index >= 15 is 0 Å². The van der Waals surface area contributed by atoms with E-state index in [1.807, 2.05) is 13.1 Å². The molecule has 17 heavy (non-hydrogen) atoms. The SMILES string of the molecule is CNc1cncc(Nc2ccc(F)cc2Br)c1. The molecule has 1 aromatic carbocycles. The smallest absolute Gasteiger partial charge is 0.124 e. The van der Waals surface area contributed by atoms with Crippen LogP contribution in [0.1, 0.15) is 0 Å². The molecule has 2 aromatic rings. The zero-order valence-electron chi connectivity index (χ0n) is 9.17. The lowest BCUT2D eigenvalue weighted by atomic mass is 10.3. The molecule has 0 saturated heterocycles. The molecule has 5 heteroatoms. The Kier molecular flexibility index (Phi) is 3.58. The summed E-state index contributed by atoms with van der Waals surface area (Å²) in [6.07, 6.45) is 3.43. The van der Waals surface area contributed by atoms with Gasteiger partial charge in [0.05, 0.1) is 29.5 Å². The fourth-order valence-corrected chi connectivity index (χ4v) is 1.84. The third-order valence-electron chi connectivity index (χ3n) is 2.24. The molecule has 0 fully saturated rings. The molecule has 0 saturated carbocycles. The number of nitrogens with one attached hydrogen (secondary N) is 2. The monoisotopic (exact) mass is 295 g/mol. The Balaban J connectivity index is 2.25. The van der Waals surface area contributed by atoms with Gasteiger partial charge < -0.3 is 10.6 Å². The Labute approximate surface area is 107 Å². The summed E-state index contributed by atoms with van der Waals surface area (Å²) in [5.74, 6) is -0.274. The maximum Gasteiger partial charge on any atom is 0.124 e. The quantitative estimate of drug-likeness (QED) is 0.905. The van der Waals surface area contributed by atoms with E-state index in [1.165, 1.54) is 12.1 Å². The highest BCUT2D eigenvalue weighted by Gasteiger charge is 2.02. The van der Waals surface area contributed by atoms with Crippen LogP contribution in [0.3, 0.4) is 0 Å². The standard InChI is InChI=1S/C12H11BrFN3/c1-15-9-5-10(7-16-6-9)17-12-3-2-8(14)4-11(12)13/h2-7,15,17H,1H3. The number of nitrogens with zero attached hydrogens (tertiary/aromatic N) is 1. The third-order valence-corrected chi connectivity index (χ3v) is 2.89. The Morgan fingerprint density at radius 2 is 1.94 bits per heavy atom. The summed E-state index contributed by atoms with van der Waals surface area (Å²) in [5.41, 5.74) is 2.54. The van der Waals surface area contributed by atoms with Gasteiger partial charge in [-0.1, -0.05) is 0 Å². The molecule has 1 heterocycles. The number of pyridine rings is 1. The molecule has 2 rings (SSSR count). The largest absolute Gasteiger partial charge is 0.387 e. The van der Waals surface area contributed by atoms with Crippen molar-refractivity contribution >= 4 is 33.0 Å². The second-order valence-corrected chi connectivity index (χ2v) is 4.32. The molecule has 0 aliphatic heterocycles. The average Bonchev–Trinajstić information content (AvgIpc) is 2.33. The number of anilines is 3. The van der Waals surface area contributed by atoms with Crippen LogP contribution in [0, 0.1) is 5.82 Å². The second-order valence-electron chi connectivity index (χ2n) is 3.46. The van der Waals surface area contributed by atoms with Gasteiger partial charge in [-0.05, 0) is 40.2 Å². The minimum Gasteiger partial charge on any atom is -0.387 e. The predicted octanol–water partition coefficient (Wildman–Crippen LogP) is 3.77. The Morgan fingerprint density at radius 1 is 1.18 bits per heavy atom. The number of aromatic nitrogens is 1. The molecule has 0 unspecified atom stereocenters. The van der Waals surface area contributed by atoms with E-state index < -0.39 is 0 Å². The minimum atomic E-state index is -0.274. The molecule has 0 aliphatic carbocycles. The summed E-state index contributed by atoms with van der Waals surface area (Å²) in [5, 5.41) is 6.16. The van der Waals surface area contributed by atoms with Crippen molar-refractivity contribution in [3.05, 3.63) is 46.9 Å². The molecule has 0 spiro atoms. The summed E-state index contributed by atoms with van der Waals surface area (Å²) >= 11 is 3.30. The molecule has 0 radical (unpaired) electrons. The minimum absolute atomic E-state index is 0.274. The molecule has 0 aliphatic rings. The van der Waals surface area contributed by atoms with Crippen molar-refractivity contribution in [2.75, 3.05) is 17.7 Å². The second kappa shape index (κ2) is 5.14. The summed E-state index contributed by atoms with van der Waals surface area (Å²) in [4.78, 5) is 4.08.